The van der Waals surface area contributed by atoms with E-state index in [1.165, 1.54) is 11.8 Å². The van der Waals surface area contributed by atoms with Crippen molar-refractivity contribution in [3.8, 4) is 11.4 Å². The Morgan fingerprint density at radius 2 is 2.04 bits per heavy atom. The van der Waals surface area contributed by atoms with E-state index in [0.29, 0.717) is 43.8 Å². The van der Waals surface area contributed by atoms with E-state index in [1.807, 2.05) is 39.2 Å². The van der Waals surface area contributed by atoms with Crippen molar-refractivity contribution in [2.24, 2.45) is 5.41 Å². The Balaban J connectivity index is 1.59. The summed E-state index contributed by atoms with van der Waals surface area (Å²) < 4.78 is 10.6. The highest BCUT2D eigenvalue weighted by Gasteiger charge is 2.24. The summed E-state index contributed by atoms with van der Waals surface area (Å²) in [6, 6.07) is 3.81. The van der Waals surface area contributed by atoms with Crippen molar-refractivity contribution < 1.29 is 14.1 Å². The third-order valence-electron chi connectivity index (χ3n) is 4.08. The lowest BCUT2D eigenvalue weighted by molar-refractivity contribution is 0.0707. The topological polar surface area (TPSA) is 84.6 Å². The first kappa shape index (κ1) is 19.5. The molecule has 0 aromatic carbocycles. The van der Waals surface area contributed by atoms with Gasteiger partial charge in [-0.3, -0.25) is 0 Å². The predicted octanol–water partition coefficient (Wildman–Crippen LogP) is 3.16. The lowest BCUT2D eigenvalue weighted by atomic mass is 9.99. The summed E-state index contributed by atoms with van der Waals surface area (Å²) in [5.74, 6) is 1.39. The van der Waals surface area contributed by atoms with Crippen LogP contribution in [-0.4, -0.2) is 65.2 Å². The van der Waals surface area contributed by atoms with Gasteiger partial charge < -0.3 is 19.1 Å². The molecule has 0 radical (unpaired) electrons. The van der Waals surface area contributed by atoms with Gasteiger partial charge in [-0.15, -0.1) is 0 Å². The third kappa shape index (κ3) is 5.12. The van der Waals surface area contributed by atoms with Crippen LogP contribution >= 0.6 is 11.8 Å². The van der Waals surface area contributed by atoms with Gasteiger partial charge >= 0.3 is 6.09 Å². The Morgan fingerprint density at radius 1 is 1.30 bits per heavy atom. The minimum atomic E-state index is -0.248. The lowest BCUT2D eigenvalue weighted by Crippen LogP contribution is -2.49. The van der Waals surface area contributed by atoms with Crippen LogP contribution in [0.25, 0.3) is 11.4 Å². The fourth-order valence-corrected chi connectivity index (χ4v) is 2.92. The highest BCUT2D eigenvalue weighted by atomic mass is 32.2. The number of thioether (sulfide) groups is 1. The van der Waals surface area contributed by atoms with Gasteiger partial charge in [0.05, 0.1) is 6.61 Å². The van der Waals surface area contributed by atoms with Gasteiger partial charge in [0, 0.05) is 37.9 Å². The zero-order chi connectivity index (χ0) is 19.4. The van der Waals surface area contributed by atoms with Gasteiger partial charge in [-0.2, -0.15) is 4.98 Å². The van der Waals surface area contributed by atoms with Gasteiger partial charge in [-0.05, 0) is 23.8 Å². The second kappa shape index (κ2) is 8.16. The van der Waals surface area contributed by atoms with Gasteiger partial charge in [0.15, 0.2) is 0 Å². The summed E-state index contributed by atoms with van der Waals surface area (Å²) in [6.07, 6.45) is 3.38. The van der Waals surface area contributed by atoms with Gasteiger partial charge in [0.1, 0.15) is 5.82 Å². The standard InChI is InChI=1S/C18H25N5O3S/c1-18(2,3)12-25-17(24)23-9-7-22(8-10-23)14-11-13(5-6-19-14)15-20-16(27-4)26-21-15/h5-6,11H,7-10,12H2,1-4H3. The van der Waals surface area contributed by atoms with Crippen molar-refractivity contribution in [3.05, 3.63) is 18.3 Å². The van der Waals surface area contributed by atoms with Crippen LogP contribution in [0.15, 0.2) is 28.1 Å². The normalized spacial score (nSPS) is 15.1. The Morgan fingerprint density at radius 3 is 2.67 bits per heavy atom. The summed E-state index contributed by atoms with van der Waals surface area (Å²) >= 11 is 1.41. The SMILES string of the molecule is CSc1nc(-c2ccnc(N3CCN(C(=O)OCC(C)(C)C)CC3)c2)no1. The number of hydrogen-bond acceptors (Lipinski definition) is 8. The molecule has 146 valence electrons. The molecule has 0 bridgehead atoms. The zero-order valence-electron chi connectivity index (χ0n) is 16.1. The number of nitrogens with zero attached hydrogens (tertiary/aromatic N) is 5. The molecular formula is C18H25N5O3S. The molecule has 0 unspecified atom stereocenters. The van der Waals surface area contributed by atoms with Crippen molar-refractivity contribution in [2.75, 3.05) is 43.9 Å². The van der Waals surface area contributed by atoms with Crippen molar-refractivity contribution >= 4 is 23.7 Å². The zero-order valence-corrected chi connectivity index (χ0v) is 17.0. The number of carbonyl (C=O) groups is 1. The van der Waals surface area contributed by atoms with E-state index in [1.54, 1.807) is 11.1 Å². The number of piperazine rings is 1. The van der Waals surface area contributed by atoms with Crippen molar-refractivity contribution in [1.82, 2.24) is 20.0 Å². The summed E-state index contributed by atoms with van der Waals surface area (Å²) in [7, 11) is 0. The van der Waals surface area contributed by atoms with Gasteiger partial charge in [0.2, 0.25) is 5.82 Å². The fourth-order valence-electron chi connectivity index (χ4n) is 2.63. The van der Waals surface area contributed by atoms with E-state index >= 15 is 0 Å². The van der Waals surface area contributed by atoms with Crippen molar-refractivity contribution in [1.29, 1.82) is 0 Å². The van der Waals surface area contributed by atoms with Crippen LogP contribution in [0.4, 0.5) is 10.6 Å². The quantitative estimate of drug-likeness (QED) is 0.735. The van der Waals surface area contributed by atoms with Crippen LogP contribution in [-0.2, 0) is 4.74 Å². The molecule has 1 aliphatic heterocycles. The molecule has 0 atom stereocenters. The van der Waals surface area contributed by atoms with Gasteiger partial charge in [-0.1, -0.05) is 37.7 Å². The van der Waals surface area contributed by atoms with E-state index < -0.39 is 0 Å². The van der Waals surface area contributed by atoms with Crippen LogP contribution in [0.2, 0.25) is 0 Å². The lowest BCUT2D eigenvalue weighted by Gasteiger charge is -2.35. The van der Waals surface area contributed by atoms with Crippen LogP contribution in [0.3, 0.4) is 0 Å². The van der Waals surface area contributed by atoms with Gasteiger partial charge in [-0.25, -0.2) is 9.78 Å². The molecule has 0 spiro atoms. The molecule has 27 heavy (non-hydrogen) atoms. The first-order chi connectivity index (χ1) is 12.9. The van der Waals surface area contributed by atoms with Crippen LogP contribution in [0.1, 0.15) is 20.8 Å². The van der Waals surface area contributed by atoms with Crippen molar-refractivity contribution in [3.63, 3.8) is 0 Å². The second-order valence-electron chi connectivity index (χ2n) is 7.58. The molecule has 2 aromatic heterocycles. The smallest absolute Gasteiger partial charge is 0.409 e. The number of amides is 1. The minimum absolute atomic E-state index is 0.0346. The van der Waals surface area contributed by atoms with E-state index in [-0.39, 0.29) is 11.5 Å². The maximum absolute atomic E-state index is 12.2. The number of rotatable bonds is 4. The molecule has 1 saturated heterocycles. The monoisotopic (exact) mass is 391 g/mol. The van der Waals surface area contributed by atoms with Crippen molar-refractivity contribution in [2.45, 2.75) is 26.0 Å². The number of carbonyl (C=O) groups excluding carboxylic acids is 1. The maximum atomic E-state index is 12.2. The number of hydrogen-bond donors (Lipinski definition) is 0. The van der Waals surface area contributed by atoms with E-state index in [9.17, 15) is 4.79 Å². The molecule has 1 amide bonds. The number of aromatic nitrogens is 3. The molecule has 1 aliphatic rings. The second-order valence-corrected chi connectivity index (χ2v) is 8.34. The highest BCUT2D eigenvalue weighted by molar-refractivity contribution is 7.98. The Bertz CT molecular complexity index is 781. The predicted molar refractivity (Wildman–Crippen MR) is 104 cm³/mol. The Hall–Kier alpha value is -2.29. The summed E-state index contributed by atoms with van der Waals surface area (Å²) in [6.45, 7) is 9.15. The molecule has 0 saturated carbocycles. The highest BCUT2D eigenvalue weighted by Crippen LogP contribution is 2.23. The first-order valence-corrected chi connectivity index (χ1v) is 10.1. The molecule has 0 aliphatic carbocycles. The Kier molecular flexibility index (Phi) is 5.88. The molecule has 1 fully saturated rings. The minimum Gasteiger partial charge on any atom is -0.449 e. The third-order valence-corrected chi connectivity index (χ3v) is 4.59. The van der Waals surface area contributed by atoms with Crippen LogP contribution < -0.4 is 4.90 Å². The molecule has 2 aromatic rings. The van der Waals surface area contributed by atoms with Crippen LogP contribution in [0.5, 0.6) is 0 Å². The number of anilines is 1. The van der Waals surface area contributed by atoms with Gasteiger partial charge in [0.25, 0.3) is 5.22 Å². The molecule has 9 heteroatoms. The average Bonchev–Trinajstić information content (AvgIpc) is 3.15. The van der Waals surface area contributed by atoms with Crippen LogP contribution in [0, 0.1) is 5.41 Å². The van der Waals surface area contributed by atoms with E-state index in [2.05, 4.69) is 20.0 Å². The fraction of sp³-hybridized carbons (Fsp3) is 0.556. The first-order valence-electron chi connectivity index (χ1n) is 8.86. The maximum Gasteiger partial charge on any atom is 0.409 e. The van der Waals surface area contributed by atoms with E-state index in [0.717, 1.165) is 11.4 Å². The largest absolute Gasteiger partial charge is 0.449 e. The summed E-state index contributed by atoms with van der Waals surface area (Å²) in [5, 5.41) is 4.53. The molecule has 0 N–H and O–H groups in total. The molecular weight excluding hydrogens is 366 g/mol. The number of ether oxygens (including phenoxy) is 1. The van der Waals surface area contributed by atoms with E-state index in [4.69, 9.17) is 9.26 Å². The summed E-state index contributed by atoms with van der Waals surface area (Å²) in [5.41, 5.74) is 0.823. The molecule has 3 rings (SSSR count). The summed E-state index contributed by atoms with van der Waals surface area (Å²) in [4.78, 5) is 24.9. The molecule has 8 nitrogen and oxygen atoms in total. The number of pyridine rings is 1. The molecule has 3 heterocycles. The average molecular weight is 391 g/mol. The Labute approximate surface area is 163 Å².